The van der Waals surface area contributed by atoms with Gasteiger partial charge in [0, 0.05) is 13.0 Å². The summed E-state index contributed by atoms with van der Waals surface area (Å²) in [6.07, 6.45) is 65.2. The molecule has 9 nitrogen and oxygen atoms in total. The van der Waals surface area contributed by atoms with E-state index in [1.54, 1.807) is 0 Å². The molecule has 10 heteroatoms. The van der Waals surface area contributed by atoms with Crippen LogP contribution in [0.5, 0.6) is 0 Å². The van der Waals surface area contributed by atoms with Crippen LogP contribution in [0, 0.1) is 0 Å². The molecule has 0 radical (unpaired) electrons. The average molecular weight is 981 g/mol. The fraction of sp³-hybridized carbons (Fsp3) is 0.845. The predicted octanol–water partition coefficient (Wildman–Crippen LogP) is 17.3. The zero-order chi connectivity index (χ0) is 49.5. The molecule has 0 spiro atoms. The summed E-state index contributed by atoms with van der Waals surface area (Å²) in [7, 11) is -4.53. The molecule has 68 heavy (non-hydrogen) atoms. The SMILES string of the molecule is CCCCCCC/C=C\C/C=C\C/C=C\CCCCCCCCCCCOCC(COP(=O)(O)OCC(O)CO)OC(=O)CCCCCCCCCCCCC/C=C\CCCCCCCCCC. The maximum absolute atomic E-state index is 12.7. The molecule has 0 heterocycles. The molecular weight excluding hydrogens is 872 g/mol. The van der Waals surface area contributed by atoms with Gasteiger partial charge in [0.05, 0.1) is 26.4 Å². The van der Waals surface area contributed by atoms with Crippen LogP contribution in [0.2, 0.25) is 0 Å². The van der Waals surface area contributed by atoms with Crippen molar-refractivity contribution in [2.75, 3.05) is 33.0 Å². The number of unbranched alkanes of at least 4 members (excludes halogenated alkanes) is 33. The highest BCUT2D eigenvalue weighted by Crippen LogP contribution is 2.43. The van der Waals surface area contributed by atoms with Crippen molar-refractivity contribution in [3.8, 4) is 0 Å². The third kappa shape index (κ3) is 53.8. The molecule has 0 aromatic rings. The number of hydrogen-bond acceptors (Lipinski definition) is 8. The Kier molecular flexibility index (Phi) is 53.5. The van der Waals surface area contributed by atoms with Crippen LogP contribution in [-0.2, 0) is 27.9 Å². The number of carbonyl (C=O) groups is 1. The summed E-state index contributed by atoms with van der Waals surface area (Å²) in [4.78, 5) is 22.8. The molecule has 0 amide bonds. The first-order valence-electron chi connectivity index (χ1n) is 28.6. The highest BCUT2D eigenvalue weighted by atomic mass is 31.2. The number of carbonyl (C=O) groups excluding carboxylic acids is 1. The van der Waals surface area contributed by atoms with Gasteiger partial charge < -0.3 is 24.6 Å². The van der Waals surface area contributed by atoms with Crippen molar-refractivity contribution >= 4 is 13.8 Å². The fourth-order valence-electron chi connectivity index (χ4n) is 8.12. The van der Waals surface area contributed by atoms with E-state index in [-0.39, 0.29) is 25.6 Å². The van der Waals surface area contributed by atoms with Crippen LogP contribution in [-0.4, -0.2) is 66.3 Å². The van der Waals surface area contributed by atoms with E-state index in [1.807, 2.05) is 0 Å². The Morgan fingerprint density at radius 1 is 0.456 bits per heavy atom. The minimum Gasteiger partial charge on any atom is -0.457 e. The van der Waals surface area contributed by atoms with Gasteiger partial charge in [-0.15, -0.1) is 0 Å². The number of ether oxygens (including phenoxy) is 2. The Morgan fingerprint density at radius 2 is 0.794 bits per heavy atom. The van der Waals surface area contributed by atoms with E-state index in [0.717, 1.165) is 51.4 Å². The molecule has 3 atom stereocenters. The van der Waals surface area contributed by atoms with E-state index >= 15 is 0 Å². The van der Waals surface area contributed by atoms with Crippen molar-refractivity contribution in [1.29, 1.82) is 0 Å². The molecule has 3 unspecified atom stereocenters. The summed E-state index contributed by atoms with van der Waals surface area (Å²) in [6.45, 7) is 3.54. The summed E-state index contributed by atoms with van der Waals surface area (Å²) >= 11 is 0. The minimum atomic E-state index is -4.53. The van der Waals surface area contributed by atoms with Crippen molar-refractivity contribution in [2.24, 2.45) is 0 Å². The first-order valence-corrected chi connectivity index (χ1v) is 30.1. The highest BCUT2D eigenvalue weighted by Gasteiger charge is 2.26. The first-order chi connectivity index (χ1) is 33.3. The number of phosphoric ester groups is 1. The average Bonchev–Trinajstić information content (AvgIpc) is 3.33. The zero-order valence-electron chi connectivity index (χ0n) is 44.3. The number of esters is 1. The highest BCUT2D eigenvalue weighted by molar-refractivity contribution is 7.47. The number of rotatable bonds is 55. The molecule has 0 aromatic carbocycles. The van der Waals surface area contributed by atoms with Crippen LogP contribution in [0.1, 0.15) is 271 Å². The summed E-state index contributed by atoms with van der Waals surface area (Å²) in [5.74, 6) is -0.382. The molecule has 400 valence electrons. The van der Waals surface area contributed by atoms with E-state index in [2.05, 4.69) is 62.5 Å². The third-order valence-electron chi connectivity index (χ3n) is 12.5. The summed E-state index contributed by atoms with van der Waals surface area (Å²) in [5.41, 5.74) is 0. The van der Waals surface area contributed by atoms with Crippen molar-refractivity contribution < 1.29 is 43.0 Å². The Morgan fingerprint density at radius 3 is 1.21 bits per heavy atom. The van der Waals surface area contributed by atoms with Gasteiger partial charge in [-0.25, -0.2) is 4.57 Å². The Labute approximate surface area is 419 Å². The second-order valence-corrected chi connectivity index (χ2v) is 20.8. The maximum Gasteiger partial charge on any atom is 0.472 e. The third-order valence-corrected chi connectivity index (χ3v) is 13.4. The molecule has 0 saturated heterocycles. The largest absolute Gasteiger partial charge is 0.472 e. The lowest BCUT2D eigenvalue weighted by molar-refractivity contribution is -0.154. The lowest BCUT2D eigenvalue weighted by Crippen LogP contribution is -2.29. The molecule has 0 aliphatic rings. The van der Waals surface area contributed by atoms with Crippen LogP contribution >= 0.6 is 7.82 Å². The zero-order valence-corrected chi connectivity index (χ0v) is 45.2. The summed E-state index contributed by atoms with van der Waals surface area (Å²) in [6, 6.07) is 0. The predicted molar refractivity (Wildman–Crippen MR) is 288 cm³/mol. The lowest BCUT2D eigenvalue weighted by Gasteiger charge is -2.20. The van der Waals surface area contributed by atoms with E-state index in [0.29, 0.717) is 6.61 Å². The molecular formula is C58H109O9P. The Bertz CT molecular complexity index is 1200. The Hall–Kier alpha value is -1.58. The monoisotopic (exact) mass is 981 g/mol. The fourth-order valence-corrected chi connectivity index (χ4v) is 8.91. The Balaban J connectivity index is 4.03. The van der Waals surface area contributed by atoms with E-state index in [1.165, 1.54) is 199 Å². The number of aliphatic hydroxyl groups is 2. The van der Waals surface area contributed by atoms with Crippen LogP contribution < -0.4 is 0 Å². The van der Waals surface area contributed by atoms with Crippen molar-refractivity contribution in [1.82, 2.24) is 0 Å². The quantitative estimate of drug-likeness (QED) is 0.0236. The summed E-state index contributed by atoms with van der Waals surface area (Å²) < 4.78 is 33.6. The van der Waals surface area contributed by atoms with E-state index < -0.39 is 33.2 Å². The molecule has 0 fully saturated rings. The van der Waals surface area contributed by atoms with E-state index in [4.69, 9.17) is 23.6 Å². The molecule has 0 rings (SSSR count). The first kappa shape index (κ1) is 66.4. The summed E-state index contributed by atoms with van der Waals surface area (Å²) in [5, 5.41) is 18.5. The van der Waals surface area contributed by atoms with Gasteiger partial charge in [-0.3, -0.25) is 13.8 Å². The van der Waals surface area contributed by atoms with Gasteiger partial charge in [0.25, 0.3) is 0 Å². The maximum atomic E-state index is 12.7. The number of hydrogen-bond donors (Lipinski definition) is 3. The number of allylic oxidation sites excluding steroid dienone is 8. The van der Waals surface area contributed by atoms with Gasteiger partial charge in [-0.1, -0.05) is 236 Å². The van der Waals surface area contributed by atoms with Gasteiger partial charge in [0.2, 0.25) is 0 Å². The van der Waals surface area contributed by atoms with E-state index in [9.17, 15) is 19.4 Å². The van der Waals surface area contributed by atoms with Gasteiger partial charge in [-0.05, 0) is 77.0 Å². The van der Waals surface area contributed by atoms with Gasteiger partial charge in [-0.2, -0.15) is 0 Å². The number of phosphoric acid groups is 1. The van der Waals surface area contributed by atoms with Crippen molar-refractivity contribution in [3.63, 3.8) is 0 Å². The minimum absolute atomic E-state index is 0.0459. The molecule has 0 aliphatic carbocycles. The molecule has 0 aliphatic heterocycles. The van der Waals surface area contributed by atoms with Gasteiger partial charge >= 0.3 is 13.8 Å². The van der Waals surface area contributed by atoms with Crippen molar-refractivity contribution in [3.05, 3.63) is 48.6 Å². The van der Waals surface area contributed by atoms with Crippen LogP contribution in [0.15, 0.2) is 48.6 Å². The molecule has 0 saturated carbocycles. The molecule has 0 aromatic heterocycles. The normalized spacial score (nSPS) is 14.0. The molecule has 0 bridgehead atoms. The second-order valence-electron chi connectivity index (χ2n) is 19.3. The topological polar surface area (TPSA) is 132 Å². The number of aliphatic hydroxyl groups excluding tert-OH is 2. The lowest BCUT2D eigenvalue weighted by atomic mass is 10.0. The molecule has 3 N–H and O–H groups in total. The second kappa shape index (κ2) is 54.7. The van der Waals surface area contributed by atoms with Crippen LogP contribution in [0.4, 0.5) is 0 Å². The van der Waals surface area contributed by atoms with Crippen molar-refractivity contribution in [2.45, 2.75) is 283 Å². The standard InChI is InChI=1S/C58H109O9P/c1-3-5-7-9-11-13-15-17-19-21-23-25-27-29-31-33-35-37-39-41-43-45-47-49-51-64-54-57(55-66-68(62,63)65-53-56(60)52-59)67-58(61)50-48-46-44-42-40-38-36-34-32-30-28-26-24-22-20-18-16-14-12-10-8-6-4-2/h15,17,21-24,27,29,56-57,59-60H,3-14,16,18-20,25-26,28,30-55H2,1-2H3,(H,62,63)/b17-15-,23-21-,24-22-,29-27-. The van der Waals surface area contributed by atoms with Gasteiger partial charge in [0.1, 0.15) is 12.2 Å². The van der Waals surface area contributed by atoms with Crippen LogP contribution in [0.25, 0.3) is 0 Å². The van der Waals surface area contributed by atoms with Crippen LogP contribution in [0.3, 0.4) is 0 Å². The van der Waals surface area contributed by atoms with Gasteiger partial charge in [0.15, 0.2) is 0 Å². The smallest absolute Gasteiger partial charge is 0.457 e.